The SMILES string of the molecule is CN(CCCC(C#N)(c1ccccc1F)C1CCCCC1)Cc1ccccc1. The highest BCUT2D eigenvalue weighted by Gasteiger charge is 2.42. The molecule has 148 valence electrons. The van der Waals surface area contributed by atoms with Gasteiger partial charge >= 0.3 is 0 Å². The second-order valence-corrected chi connectivity index (χ2v) is 8.22. The lowest BCUT2D eigenvalue weighted by atomic mass is 9.63. The summed E-state index contributed by atoms with van der Waals surface area (Å²) in [6.45, 7) is 1.79. The largest absolute Gasteiger partial charge is 0.302 e. The van der Waals surface area contributed by atoms with Gasteiger partial charge in [0.15, 0.2) is 0 Å². The van der Waals surface area contributed by atoms with Crippen molar-refractivity contribution >= 4 is 0 Å². The highest BCUT2D eigenvalue weighted by Crippen LogP contribution is 2.44. The van der Waals surface area contributed by atoms with E-state index >= 15 is 0 Å². The minimum absolute atomic E-state index is 0.229. The molecule has 0 spiro atoms. The van der Waals surface area contributed by atoms with Crippen molar-refractivity contribution in [3.63, 3.8) is 0 Å². The summed E-state index contributed by atoms with van der Waals surface area (Å²) in [5.74, 6) is 0.0230. The second-order valence-electron chi connectivity index (χ2n) is 8.22. The summed E-state index contributed by atoms with van der Waals surface area (Å²) in [7, 11) is 2.12. The molecule has 0 saturated heterocycles. The molecule has 2 aromatic rings. The van der Waals surface area contributed by atoms with Crippen molar-refractivity contribution in [1.82, 2.24) is 4.90 Å². The number of rotatable bonds is 8. The Morgan fingerprint density at radius 1 is 1.04 bits per heavy atom. The maximum absolute atomic E-state index is 14.7. The number of hydrogen-bond donors (Lipinski definition) is 0. The maximum Gasteiger partial charge on any atom is 0.128 e. The fourth-order valence-corrected chi connectivity index (χ4v) is 4.79. The maximum atomic E-state index is 14.7. The van der Waals surface area contributed by atoms with E-state index in [4.69, 9.17) is 0 Å². The molecule has 1 saturated carbocycles. The molecule has 2 nitrogen and oxygen atoms in total. The summed E-state index contributed by atoms with van der Waals surface area (Å²) in [6, 6.07) is 20.0. The van der Waals surface area contributed by atoms with Crippen molar-refractivity contribution < 1.29 is 4.39 Å². The number of nitrogens with zero attached hydrogens (tertiary/aromatic N) is 2. The zero-order valence-electron chi connectivity index (χ0n) is 16.9. The first-order chi connectivity index (χ1) is 13.7. The normalized spacial score (nSPS) is 17.2. The van der Waals surface area contributed by atoms with Gasteiger partial charge in [0.25, 0.3) is 0 Å². The third-order valence-electron chi connectivity index (χ3n) is 6.26. The Morgan fingerprint density at radius 2 is 1.71 bits per heavy atom. The van der Waals surface area contributed by atoms with Gasteiger partial charge in [-0.3, -0.25) is 0 Å². The van der Waals surface area contributed by atoms with E-state index in [-0.39, 0.29) is 11.7 Å². The Hall–Kier alpha value is -2.18. The van der Waals surface area contributed by atoms with Gasteiger partial charge in [-0.2, -0.15) is 5.26 Å². The predicted octanol–water partition coefficient (Wildman–Crippen LogP) is 6.08. The molecule has 0 radical (unpaired) electrons. The van der Waals surface area contributed by atoms with Gasteiger partial charge in [-0.05, 0) is 56.8 Å². The van der Waals surface area contributed by atoms with E-state index < -0.39 is 5.41 Å². The molecule has 0 aliphatic heterocycles. The molecule has 3 rings (SSSR count). The van der Waals surface area contributed by atoms with Crippen molar-refractivity contribution in [1.29, 1.82) is 5.26 Å². The number of hydrogen-bond acceptors (Lipinski definition) is 2. The topological polar surface area (TPSA) is 27.0 Å². The first kappa shape index (κ1) is 20.6. The van der Waals surface area contributed by atoms with Crippen molar-refractivity contribution in [2.75, 3.05) is 13.6 Å². The lowest BCUT2D eigenvalue weighted by Crippen LogP contribution is -2.37. The summed E-state index contributed by atoms with van der Waals surface area (Å²) >= 11 is 0. The second kappa shape index (κ2) is 9.85. The van der Waals surface area contributed by atoms with Gasteiger partial charge in [0.1, 0.15) is 5.82 Å². The van der Waals surface area contributed by atoms with Crippen LogP contribution in [0.4, 0.5) is 4.39 Å². The average Bonchev–Trinajstić information content (AvgIpc) is 2.73. The Balaban J connectivity index is 1.72. The van der Waals surface area contributed by atoms with Crippen molar-refractivity contribution in [2.45, 2.75) is 56.9 Å². The van der Waals surface area contributed by atoms with Crippen LogP contribution >= 0.6 is 0 Å². The first-order valence-electron chi connectivity index (χ1n) is 10.5. The monoisotopic (exact) mass is 378 g/mol. The van der Waals surface area contributed by atoms with Crippen molar-refractivity contribution in [2.24, 2.45) is 5.92 Å². The molecule has 28 heavy (non-hydrogen) atoms. The van der Waals surface area contributed by atoms with Gasteiger partial charge in [0, 0.05) is 12.1 Å². The minimum Gasteiger partial charge on any atom is -0.302 e. The van der Waals surface area contributed by atoms with E-state index in [0.29, 0.717) is 12.0 Å². The van der Waals surface area contributed by atoms with Crippen LogP contribution in [0.25, 0.3) is 0 Å². The molecule has 1 unspecified atom stereocenters. The molecule has 1 aliphatic rings. The fraction of sp³-hybridized carbons (Fsp3) is 0.480. The zero-order valence-corrected chi connectivity index (χ0v) is 16.9. The number of nitriles is 1. The van der Waals surface area contributed by atoms with E-state index in [1.54, 1.807) is 6.07 Å². The van der Waals surface area contributed by atoms with Gasteiger partial charge < -0.3 is 4.90 Å². The molecular formula is C25H31FN2. The van der Waals surface area contributed by atoms with E-state index in [2.05, 4.69) is 42.3 Å². The molecular weight excluding hydrogens is 347 g/mol. The standard InChI is InChI=1S/C25H31FN2/c1-28(19-21-11-4-2-5-12-21)18-10-17-25(20-27,22-13-6-3-7-14-22)23-15-8-9-16-24(23)26/h2,4-5,8-9,11-12,15-16,22H,3,6-7,10,13-14,17-19H2,1H3. The molecule has 0 amide bonds. The molecule has 0 N–H and O–H groups in total. The van der Waals surface area contributed by atoms with Crippen molar-refractivity contribution in [3.8, 4) is 6.07 Å². The van der Waals surface area contributed by atoms with Crippen molar-refractivity contribution in [3.05, 3.63) is 71.5 Å². The van der Waals surface area contributed by atoms with E-state index in [9.17, 15) is 9.65 Å². The zero-order chi connectivity index (χ0) is 19.8. The molecule has 0 heterocycles. The molecule has 1 fully saturated rings. The Labute approximate surface area is 169 Å². The first-order valence-corrected chi connectivity index (χ1v) is 10.5. The summed E-state index contributed by atoms with van der Waals surface area (Å²) in [6.07, 6.45) is 7.20. The quantitative estimate of drug-likeness (QED) is 0.556. The number of benzene rings is 2. The van der Waals surface area contributed by atoms with Gasteiger partial charge in [0.2, 0.25) is 0 Å². The highest BCUT2D eigenvalue weighted by atomic mass is 19.1. The molecule has 0 bridgehead atoms. The van der Waals surface area contributed by atoms with Crippen LogP contribution in [-0.2, 0) is 12.0 Å². The molecule has 1 aliphatic carbocycles. The van der Waals surface area contributed by atoms with E-state index in [1.807, 2.05) is 18.2 Å². The third kappa shape index (κ3) is 4.80. The number of halogens is 1. The van der Waals surface area contributed by atoms with Gasteiger partial charge in [-0.15, -0.1) is 0 Å². The lowest BCUT2D eigenvalue weighted by Gasteiger charge is -2.38. The average molecular weight is 379 g/mol. The Bertz CT molecular complexity index is 777. The molecule has 1 atom stereocenters. The third-order valence-corrected chi connectivity index (χ3v) is 6.26. The highest BCUT2D eigenvalue weighted by molar-refractivity contribution is 5.35. The van der Waals surface area contributed by atoms with Crippen LogP contribution < -0.4 is 0 Å². The summed E-state index contributed by atoms with van der Waals surface area (Å²) in [4.78, 5) is 2.29. The lowest BCUT2D eigenvalue weighted by molar-refractivity contribution is 0.219. The van der Waals surface area contributed by atoms with Crippen LogP contribution in [0.1, 0.15) is 56.1 Å². The van der Waals surface area contributed by atoms with Gasteiger partial charge in [0.05, 0.1) is 11.5 Å². The summed E-state index contributed by atoms with van der Waals surface area (Å²) < 4.78 is 14.7. The summed E-state index contributed by atoms with van der Waals surface area (Å²) in [5.41, 5.74) is 1.19. The van der Waals surface area contributed by atoms with Crippen LogP contribution in [0.5, 0.6) is 0 Å². The van der Waals surface area contributed by atoms with Crippen LogP contribution in [-0.4, -0.2) is 18.5 Å². The minimum atomic E-state index is -0.709. The fourth-order valence-electron chi connectivity index (χ4n) is 4.79. The predicted molar refractivity (Wildman–Crippen MR) is 112 cm³/mol. The molecule has 0 aromatic heterocycles. The van der Waals surface area contributed by atoms with Crippen LogP contribution in [0.3, 0.4) is 0 Å². The molecule has 2 aromatic carbocycles. The smallest absolute Gasteiger partial charge is 0.128 e. The van der Waals surface area contributed by atoms with Gasteiger partial charge in [-0.1, -0.05) is 67.8 Å². The Kier molecular flexibility index (Phi) is 7.23. The van der Waals surface area contributed by atoms with E-state index in [0.717, 1.165) is 45.2 Å². The summed E-state index contributed by atoms with van der Waals surface area (Å²) in [5, 5.41) is 10.3. The van der Waals surface area contributed by atoms with Crippen LogP contribution in [0.15, 0.2) is 54.6 Å². The van der Waals surface area contributed by atoms with Crippen LogP contribution in [0, 0.1) is 23.1 Å². The molecule has 3 heteroatoms. The van der Waals surface area contributed by atoms with Gasteiger partial charge in [-0.25, -0.2) is 4.39 Å². The van der Waals surface area contributed by atoms with Crippen LogP contribution in [0.2, 0.25) is 0 Å². The Morgan fingerprint density at radius 3 is 2.39 bits per heavy atom. The van der Waals surface area contributed by atoms with E-state index in [1.165, 1.54) is 18.1 Å².